The van der Waals surface area contributed by atoms with Crippen LogP contribution in [0.5, 0.6) is 0 Å². The van der Waals surface area contributed by atoms with Crippen molar-refractivity contribution in [1.82, 2.24) is 15.0 Å². The minimum absolute atomic E-state index is 0.469. The molecule has 0 bridgehead atoms. The van der Waals surface area contributed by atoms with Gasteiger partial charge in [0.15, 0.2) is 17.5 Å². The van der Waals surface area contributed by atoms with Crippen molar-refractivity contribution >= 4 is 21.5 Å². The summed E-state index contributed by atoms with van der Waals surface area (Å²) in [5, 5.41) is 5.31. The maximum absolute atomic E-state index is 5.21. The zero-order chi connectivity index (χ0) is 37.2. The van der Waals surface area contributed by atoms with Gasteiger partial charge >= 0.3 is 0 Å². The van der Waals surface area contributed by atoms with Crippen LogP contribution in [0.1, 0.15) is 22.3 Å². The molecular formula is C54H31N3. The molecule has 0 saturated carbocycles. The van der Waals surface area contributed by atoms with Crippen LogP contribution < -0.4 is 0 Å². The van der Waals surface area contributed by atoms with Crippen molar-refractivity contribution in [1.29, 1.82) is 0 Å². The number of benzene rings is 9. The smallest absolute Gasteiger partial charge is 0.164 e. The molecule has 10 aromatic rings. The van der Waals surface area contributed by atoms with Crippen LogP contribution in [0.3, 0.4) is 0 Å². The molecule has 3 heteroatoms. The summed E-state index contributed by atoms with van der Waals surface area (Å²) in [6.45, 7) is 0. The molecule has 1 spiro atoms. The molecular weight excluding hydrogens is 691 g/mol. The average Bonchev–Trinajstić information content (AvgIpc) is 3.78. The average molecular weight is 722 g/mol. The summed E-state index contributed by atoms with van der Waals surface area (Å²) in [5.74, 6) is 1.96. The van der Waals surface area contributed by atoms with E-state index >= 15 is 0 Å². The Balaban J connectivity index is 1.13. The quantitative estimate of drug-likeness (QED) is 0.170. The van der Waals surface area contributed by atoms with Gasteiger partial charge in [-0.25, -0.2) is 15.0 Å². The second kappa shape index (κ2) is 11.3. The lowest BCUT2D eigenvalue weighted by Gasteiger charge is -2.37. The van der Waals surface area contributed by atoms with E-state index in [-0.39, 0.29) is 0 Å². The molecule has 3 aliphatic carbocycles. The predicted molar refractivity (Wildman–Crippen MR) is 232 cm³/mol. The molecule has 9 aromatic carbocycles. The molecule has 1 heterocycles. The number of rotatable bonds is 4. The third-order valence-corrected chi connectivity index (χ3v) is 12.7. The monoisotopic (exact) mass is 721 g/mol. The summed E-state index contributed by atoms with van der Waals surface area (Å²) in [5.41, 5.74) is 18.1. The first-order chi connectivity index (χ1) is 28.3. The van der Waals surface area contributed by atoms with Gasteiger partial charge in [0, 0.05) is 16.7 Å². The van der Waals surface area contributed by atoms with Crippen molar-refractivity contribution in [2.45, 2.75) is 5.41 Å². The van der Waals surface area contributed by atoms with Crippen molar-refractivity contribution in [3.63, 3.8) is 0 Å². The summed E-state index contributed by atoms with van der Waals surface area (Å²) in [4.78, 5) is 15.4. The minimum Gasteiger partial charge on any atom is -0.208 e. The normalized spacial score (nSPS) is 15.1. The molecule has 262 valence electrons. The highest BCUT2D eigenvalue weighted by Gasteiger charge is 2.56. The van der Waals surface area contributed by atoms with E-state index in [0.29, 0.717) is 17.5 Å². The molecule has 1 aromatic heterocycles. The van der Waals surface area contributed by atoms with Gasteiger partial charge in [0.25, 0.3) is 0 Å². The lowest BCUT2D eigenvalue weighted by Crippen LogP contribution is -2.29. The van der Waals surface area contributed by atoms with E-state index in [0.717, 1.165) is 22.3 Å². The topological polar surface area (TPSA) is 38.7 Å². The molecule has 0 saturated heterocycles. The lowest BCUT2D eigenvalue weighted by molar-refractivity contribution is 0.799. The number of hydrogen-bond acceptors (Lipinski definition) is 3. The Kier molecular flexibility index (Phi) is 6.10. The van der Waals surface area contributed by atoms with Gasteiger partial charge in [0.1, 0.15) is 0 Å². The van der Waals surface area contributed by atoms with Crippen molar-refractivity contribution in [3.05, 3.63) is 210 Å². The molecule has 3 aliphatic rings. The number of nitrogens with zero attached hydrogens (tertiary/aromatic N) is 3. The Hall–Kier alpha value is -7.49. The van der Waals surface area contributed by atoms with Crippen LogP contribution in [0, 0.1) is 0 Å². The van der Waals surface area contributed by atoms with E-state index < -0.39 is 5.41 Å². The standard InChI is InChI=1S/C54H31N3/c1-3-16-32(17-4-1)51-55-52(33-18-5-2-6-19-33)57-53(56-51)41-23-10-8-21-35(41)36-27-15-31-45-46(36)43-29-14-28-40-39-26-13-25-38-34-20-7-9-22-37(34)48-42-24-11-12-30-44(42)54(45,49(40)43)50(48)47(38)39/h1-31H. The minimum atomic E-state index is -0.469. The molecule has 0 radical (unpaired) electrons. The van der Waals surface area contributed by atoms with E-state index in [1.807, 2.05) is 36.4 Å². The Morgan fingerprint density at radius 3 is 1.56 bits per heavy atom. The van der Waals surface area contributed by atoms with Crippen LogP contribution >= 0.6 is 0 Å². The molecule has 0 N–H and O–H groups in total. The zero-order valence-corrected chi connectivity index (χ0v) is 30.7. The Bertz CT molecular complexity index is 3290. The maximum Gasteiger partial charge on any atom is 0.164 e. The van der Waals surface area contributed by atoms with Crippen LogP contribution in [0.2, 0.25) is 0 Å². The van der Waals surface area contributed by atoms with Gasteiger partial charge in [-0.15, -0.1) is 0 Å². The summed E-state index contributed by atoms with van der Waals surface area (Å²) in [6, 6.07) is 68.1. The molecule has 0 aliphatic heterocycles. The summed E-state index contributed by atoms with van der Waals surface area (Å²) < 4.78 is 0. The lowest BCUT2D eigenvalue weighted by atomic mass is 9.63. The summed E-state index contributed by atoms with van der Waals surface area (Å²) >= 11 is 0. The fourth-order valence-corrected chi connectivity index (χ4v) is 10.6. The Labute approximate surface area is 329 Å². The summed E-state index contributed by atoms with van der Waals surface area (Å²) in [6.07, 6.45) is 0. The van der Waals surface area contributed by atoms with Gasteiger partial charge in [-0.2, -0.15) is 0 Å². The van der Waals surface area contributed by atoms with E-state index in [9.17, 15) is 0 Å². The Morgan fingerprint density at radius 1 is 0.281 bits per heavy atom. The fraction of sp³-hybridized carbons (Fsp3) is 0.0185. The maximum atomic E-state index is 5.21. The first kappa shape index (κ1) is 30.8. The van der Waals surface area contributed by atoms with E-state index in [1.54, 1.807) is 0 Å². The van der Waals surface area contributed by atoms with E-state index in [4.69, 9.17) is 15.0 Å². The third-order valence-electron chi connectivity index (χ3n) is 12.7. The molecule has 13 rings (SSSR count). The van der Waals surface area contributed by atoms with Crippen LogP contribution in [0.15, 0.2) is 188 Å². The zero-order valence-electron chi connectivity index (χ0n) is 30.7. The Morgan fingerprint density at radius 2 is 0.789 bits per heavy atom. The first-order valence-electron chi connectivity index (χ1n) is 19.6. The number of aromatic nitrogens is 3. The van der Waals surface area contributed by atoms with Crippen molar-refractivity contribution < 1.29 is 0 Å². The van der Waals surface area contributed by atoms with Crippen LogP contribution in [0.4, 0.5) is 0 Å². The fourth-order valence-electron chi connectivity index (χ4n) is 10.6. The number of fused-ring (bicyclic) bond motifs is 8. The predicted octanol–water partition coefficient (Wildman–Crippen LogP) is 13.2. The van der Waals surface area contributed by atoms with Gasteiger partial charge in [-0.05, 0) is 88.3 Å². The molecule has 3 nitrogen and oxygen atoms in total. The highest BCUT2D eigenvalue weighted by molar-refractivity contribution is 6.25. The molecule has 1 unspecified atom stereocenters. The van der Waals surface area contributed by atoms with Crippen LogP contribution in [-0.2, 0) is 5.41 Å². The first-order valence-corrected chi connectivity index (χ1v) is 19.6. The second-order valence-corrected chi connectivity index (χ2v) is 15.4. The third kappa shape index (κ3) is 3.92. The van der Waals surface area contributed by atoms with Gasteiger partial charge in [-0.1, -0.05) is 188 Å². The largest absolute Gasteiger partial charge is 0.208 e. The van der Waals surface area contributed by atoms with Gasteiger partial charge in [0.05, 0.1) is 5.41 Å². The van der Waals surface area contributed by atoms with Gasteiger partial charge in [-0.3, -0.25) is 0 Å². The van der Waals surface area contributed by atoms with Gasteiger partial charge < -0.3 is 0 Å². The second-order valence-electron chi connectivity index (χ2n) is 15.4. The summed E-state index contributed by atoms with van der Waals surface area (Å²) in [7, 11) is 0. The van der Waals surface area contributed by atoms with Crippen LogP contribution in [-0.4, -0.2) is 15.0 Å². The number of hydrogen-bond donors (Lipinski definition) is 0. The van der Waals surface area contributed by atoms with E-state index in [2.05, 4.69) is 152 Å². The highest BCUT2D eigenvalue weighted by Crippen LogP contribution is 2.70. The molecule has 1 atom stereocenters. The molecule has 0 fully saturated rings. The molecule has 57 heavy (non-hydrogen) atoms. The highest BCUT2D eigenvalue weighted by atomic mass is 15.0. The van der Waals surface area contributed by atoms with E-state index in [1.165, 1.54) is 82.7 Å². The van der Waals surface area contributed by atoms with Gasteiger partial charge in [0.2, 0.25) is 0 Å². The molecule has 0 amide bonds. The SMILES string of the molecule is c1ccc(-c2nc(-c3ccccc3)nc(-c3ccccc3-c3cccc4c3-c3cccc5c3C43c4ccccc4-c4c3c3c-5cccc3c3ccccc43)n2)cc1. The van der Waals surface area contributed by atoms with Crippen molar-refractivity contribution in [2.75, 3.05) is 0 Å². The van der Waals surface area contributed by atoms with Crippen molar-refractivity contribution in [2.24, 2.45) is 0 Å². The van der Waals surface area contributed by atoms with Crippen molar-refractivity contribution in [3.8, 4) is 78.7 Å². The van der Waals surface area contributed by atoms with Crippen LogP contribution in [0.25, 0.3) is 100 Å².